The molecule has 19 heavy (non-hydrogen) atoms. The molecule has 2 nitrogen and oxygen atoms in total. The van der Waals surface area contributed by atoms with E-state index in [1.165, 1.54) is 31.4 Å². The lowest BCUT2D eigenvalue weighted by Crippen LogP contribution is -2.44. The van der Waals surface area contributed by atoms with Crippen LogP contribution in [0.5, 0.6) is 0 Å². The van der Waals surface area contributed by atoms with Gasteiger partial charge in [-0.15, -0.1) is 0 Å². The second kappa shape index (κ2) is 7.28. The van der Waals surface area contributed by atoms with Gasteiger partial charge in [0.2, 0.25) is 0 Å². The minimum Gasteiger partial charge on any atom is -0.313 e. The van der Waals surface area contributed by atoms with Crippen molar-refractivity contribution in [3.63, 3.8) is 0 Å². The van der Waals surface area contributed by atoms with Gasteiger partial charge in [0.15, 0.2) is 0 Å². The fourth-order valence-electron chi connectivity index (χ4n) is 2.90. The van der Waals surface area contributed by atoms with Crippen LogP contribution in [-0.2, 0) is 0 Å². The highest BCUT2D eigenvalue weighted by atomic mass is 35.5. The molecule has 3 heteroatoms. The summed E-state index contributed by atoms with van der Waals surface area (Å²) in [5.41, 5.74) is 1.31. The summed E-state index contributed by atoms with van der Waals surface area (Å²) in [4.78, 5) is 2.54. The minimum atomic E-state index is 0.424. The summed E-state index contributed by atoms with van der Waals surface area (Å²) in [7, 11) is 0. The molecule has 1 N–H and O–H groups in total. The fraction of sp³-hybridized carbons (Fsp3) is 0.625. The summed E-state index contributed by atoms with van der Waals surface area (Å²) in [6.45, 7) is 7.89. The van der Waals surface area contributed by atoms with Gasteiger partial charge in [0.25, 0.3) is 0 Å². The van der Waals surface area contributed by atoms with E-state index in [0.29, 0.717) is 12.1 Å². The number of likely N-dealkylation sites (N-methyl/N-ethyl adjacent to an activating group) is 1. The van der Waals surface area contributed by atoms with Crippen LogP contribution in [0.15, 0.2) is 24.3 Å². The summed E-state index contributed by atoms with van der Waals surface area (Å²) in [5.74, 6) is 0. The Hall–Kier alpha value is -0.570. The molecule has 1 aliphatic heterocycles. The van der Waals surface area contributed by atoms with Gasteiger partial charge in [0, 0.05) is 23.7 Å². The predicted molar refractivity (Wildman–Crippen MR) is 82.8 cm³/mol. The summed E-state index contributed by atoms with van der Waals surface area (Å²) in [6, 6.07) is 9.32. The van der Waals surface area contributed by atoms with Crippen molar-refractivity contribution in [2.24, 2.45) is 0 Å². The molecule has 2 unspecified atom stereocenters. The first-order valence-corrected chi connectivity index (χ1v) is 7.81. The van der Waals surface area contributed by atoms with Gasteiger partial charge in [0.1, 0.15) is 0 Å². The van der Waals surface area contributed by atoms with Gasteiger partial charge in [-0.2, -0.15) is 0 Å². The lowest BCUT2D eigenvalue weighted by atomic mass is 10.0. The topological polar surface area (TPSA) is 15.3 Å². The number of halogens is 1. The van der Waals surface area contributed by atoms with Gasteiger partial charge in [-0.05, 0) is 50.6 Å². The van der Waals surface area contributed by atoms with E-state index in [-0.39, 0.29) is 0 Å². The SMILES string of the molecule is CCN(CC1CCCCN1)C(C)c1cccc(Cl)c1. The van der Waals surface area contributed by atoms with Crippen molar-refractivity contribution in [2.45, 2.75) is 45.2 Å². The number of hydrogen-bond donors (Lipinski definition) is 1. The van der Waals surface area contributed by atoms with Crippen molar-refractivity contribution < 1.29 is 0 Å². The molecular formula is C16H25ClN2. The van der Waals surface area contributed by atoms with Gasteiger partial charge in [-0.25, -0.2) is 0 Å². The number of rotatable bonds is 5. The maximum atomic E-state index is 6.10. The molecule has 1 aromatic carbocycles. The van der Waals surface area contributed by atoms with Crippen molar-refractivity contribution in [3.8, 4) is 0 Å². The first-order valence-electron chi connectivity index (χ1n) is 7.43. The van der Waals surface area contributed by atoms with Gasteiger partial charge in [-0.1, -0.05) is 37.1 Å². The minimum absolute atomic E-state index is 0.424. The fourth-order valence-corrected chi connectivity index (χ4v) is 3.10. The summed E-state index contributed by atoms with van der Waals surface area (Å²) >= 11 is 6.10. The Bertz CT molecular complexity index is 388. The van der Waals surface area contributed by atoms with E-state index in [1.807, 2.05) is 12.1 Å². The molecule has 2 rings (SSSR count). The van der Waals surface area contributed by atoms with Crippen molar-refractivity contribution in [2.75, 3.05) is 19.6 Å². The Kier molecular flexibility index (Phi) is 5.68. The summed E-state index contributed by atoms with van der Waals surface area (Å²) in [6.07, 6.45) is 3.99. The molecule has 2 atom stereocenters. The highest BCUT2D eigenvalue weighted by molar-refractivity contribution is 6.30. The number of nitrogens with zero attached hydrogens (tertiary/aromatic N) is 1. The second-order valence-electron chi connectivity index (χ2n) is 5.47. The van der Waals surface area contributed by atoms with E-state index in [0.717, 1.165) is 18.1 Å². The Morgan fingerprint density at radius 1 is 1.42 bits per heavy atom. The molecule has 106 valence electrons. The van der Waals surface area contributed by atoms with Gasteiger partial charge in [0.05, 0.1) is 0 Å². The zero-order chi connectivity index (χ0) is 13.7. The Labute approximate surface area is 122 Å². The predicted octanol–water partition coefficient (Wildman–Crippen LogP) is 3.87. The monoisotopic (exact) mass is 280 g/mol. The molecule has 0 amide bonds. The van der Waals surface area contributed by atoms with Gasteiger partial charge in [-0.3, -0.25) is 4.90 Å². The van der Waals surface area contributed by atoms with Crippen molar-refractivity contribution in [1.82, 2.24) is 10.2 Å². The van der Waals surface area contributed by atoms with Crippen LogP contribution in [0.1, 0.15) is 44.7 Å². The summed E-state index contributed by atoms with van der Waals surface area (Å²) < 4.78 is 0. The molecular weight excluding hydrogens is 256 g/mol. The molecule has 1 fully saturated rings. The standard InChI is InChI=1S/C16H25ClN2/c1-3-19(12-16-9-4-5-10-18-16)13(2)14-7-6-8-15(17)11-14/h6-8,11,13,16,18H,3-5,9-10,12H2,1-2H3. The zero-order valence-corrected chi connectivity index (χ0v) is 12.8. The van der Waals surface area contributed by atoms with Crippen molar-refractivity contribution in [3.05, 3.63) is 34.9 Å². The van der Waals surface area contributed by atoms with Crippen molar-refractivity contribution in [1.29, 1.82) is 0 Å². The molecule has 0 radical (unpaired) electrons. The molecule has 0 spiro atoms. The molecule has 0 aromatic heterocycles. The number of nitrogens with one attached hydrogen (secondary N) is 1. The maximum absolute atomic E-state index is 6.10. The smallest absolute Gasteiger partial charge is 0.0409 e. The molecule has 0 bridgehead atoms. The van der Waals surface area contributed by atoms with Gasteiger partial charge >= 0.3 is 0 Å². The van der Waals surface area contributed by atoms with Crippen molar-refractivity contribution >= 4 is 11.6 Å². The van der Waals surface area contributed by atoms with Crippen LogP contribution in [0.25, 0.3) is 0 Å². The quantitative estimate of drug-likeness (QED) is 0.881. The third-order valence-electron chi connectivity index (χ3n) is 4.15. The van der Waals surface area contributed by atoms with E-state index in [9.17, 15) is 0 Å². The third kappa shape index (κ3) is 4.20. The highest BCUT2D eigenvalue weighted by Gasteiger charge is 2.20. The first kappa shape index (κ1) is 14.8. The number of piperidine rings is 1. The van der Waals surface area contributed by atoms with Crippen LogP contribution >= 0.6 is 11.6 Å². The maximum Gasteiger partial charge on any atom is 0.0409 e. The lowest BCUT2D eigenvalue weighted by molar-refractivity contribution is 0.184. The Morgan fingerprint density at radius 2 is 2.26 bits per heavy atom. The van der Waals surface area contributed by atoms with Crippen LogP contribution in [-0.4, -0.2) is 30.6 Å². The van der Waals surface area contributed by atoms with Crippen LogP contribution in [0, 0.1) is 0 Å². The normalized spacial score (nSPS) is 21.6. The van der Waals surface area contributed by atoms with E-state index >= 15 is 0 Å². The van der Waals surface area contributed by atoms with Crippen LogP contribution in [0.4, 0.5) is 0 Å². The summed E-state index contributed by atoms with van der Waals surface area (Å²) in [5, 5.41) is 4.46. The van der Waals surface area contributed by atoms with Crippen LogP contribution in [0.3, 0.4) is 0 Å². The highest BCUT2D eigenvalue weighted by Crippen LogP contribution is 2.23. The van der Waals surface area contributed by atoms with Crippen LogP contribution in [0.2, 0.25) is 5.02 Å². The Balaban J connectivity index is 1.99. The number of hydrogen-bond acceptors (Lipinski definition) is 2. The second-order valence-corrected chi connectivity index (χ2v) is 5.90. The molecule has 1 saturated heterocycles. The van der Waals surface area contributed by atoms with Crippen LogP contribution < -0.4 is 5.32 Å². The molecule has 1 aromatic rings. The van der Waals surface area contributed by atoms with E-state index in [1.54, 1.807) is 0 Å². The van der Waals surface area contributed by atoms with Gasteiger partial charge < -0.3 is 5.32 Å². The average Bonchev–Trinajstić information content (AvgIpc) is 2.45. The van der Waals surface area contributed by atoms with E-state index in [2.05, 4.69) is 36.2 Å². The molecule has 1 aliphatic rings. The van der Waals surface area contributed by atoms with E-state index in [4.69, 9.17) is 11.6 Å². The average molecular weight is 281 g/mol. The molecule has 0 aliphatic carbocycles. The zero-order valence-electron chi connectivity index (χ0n) is 12.0. The van der Waals surface area contributed by atoms with E-state index < -0.39 is 0 Å². The largest absolute Gasteiger partial charge is 0.313 e. The first-order chi connectivity index (χ1) is 9.20. The molecule has 1 heterocycles. The Morgan fingerprint density at radius 3 is 2.89 bits per heavy atom. The molecule has 0 saturated carbocycles. The lowest BCUT2D eigenvalue weighted by Gasteiger charge is -2.34. The number of benzene rings is 1. The third-order valence-corrected chi connectivity index (χ3v) is 4.39.